The summed E-state index contributed by atoms with van der Waals surface area (Å²) in [5.41, 5.74) is 3.19. The summed E-state index contributed by atoms with van der Waals surface area (Å²) in [6, 6.07) is 21.1. The average Bonchev–Trinajstić information content (AvgIpc) is 2.70. The summed E-state index contributed by atoms with van der Waals surface area (Å²) in [4.78, 5) is 37.1. The Bertz CT molecular complexity index is 958. The summed E-state index contributed by atoms with van der Waals surface area (Å²) in [7, 11) is 0. The molecule has 3 rings (SSSR count). The van der Waals surface area contributed by atoms with Crippen LogP contribution in [0.5, 0.6) is 0 Å². The van der Waals surface area contributed by atoms with Crippen molar-refractivity contribution in [1.29, 1.82) is 0 Å². The molecule has 0 bridgehead atoms. The van der Waals surface area contributed by atoms with Gasteiger partial charge in [-0.3, -0.25) is 9.59 Å². The van der Waals surface area contributed by atoms with Gasteiger partial charge in [0.2, 0.25) is 0 Å². The highest BCUT2D eigenvalue weighted by atomic mass is 16.1. The zero-order valence-electron chi connectivity index (χ0n) is 14.4. The van der Waals surface area contributed by atoms with Gasteiger partial charge in [-0.2, -0.15) is 0 Å². The van der Waals surface area contributed by atoms with Crippen LogP contribution in [-0.2, 0) is 11.2 Å². The maximum absolute atomic E-state index is 13.1. The fraction of sp³-hybridized carbons (Fsp3) is 0.0870. The highest BCUT2D eigenvalue weighted by Crippen LogP contribution is 2.25. The van der Waals surface area contributed by atoms with Gasteiger partial charge >= 0.3 is 0 Å². The number of hydrogen-bond donors (Lipinski definition) is 0. The van der Waals surface area contributed by atoms with E-state index in [4.69, 9.17) is 0 Å². The van der Waals surface area contributed by atoms with Gasteiger partial charge in [-0.1, -0.05) is 66.7 Å². The van der Waals surface area contributed by atoms with E-state index < -0.39 is 0 Å². The van der Waals surface area contributed by atoms with E-state index in [0.29, 0.717) is 27.8 Å². The number of rotatable bonds is 6. The molecule has 0 atom stereocenters. The molecule has 0 fully saturated rings. The molecule has 0 unspecified atom stereocenters. The van der Waals surface area contributed by atoms with E-state index in [-0.39, 0.29) is 18.0 Å². The van der Waals surface area contributed by atoms with Crippen molar-refractivity contribution < 1.29 is 14.4 Å². The molecule has 0 saturated heterocycles. The van der Waals surface area contributed by atoms with Crippen LogP contribution in [0.15, 0.2) is 72.8 Å². The smallest absolute Gasteiger partial charge is 0.194 e. The number of aldehydes is 1. The first kappa shape index (κ1) is 17.5. The summed E-state index contributed by atoms with van der Waals surface area (Å²) in [6.45, 7) is 1.79. The largest absolute Gasteiger partial charge is 0.303 e. The second kappa shape index (κ2) is 7.70. The van der Waals surface area contributed by atoms with Gasteiger partial charge in [-0.15, -0.1) is 0 Å². The van der Waals surface area contributed by atoms with Gasteiger partial charge in [-0.05, 0) is 24.1 Å². The molecule has 0 aromatic heterocycles. The van der Waals surface area contributed by atoms with E-state index in [1.807, 2.05) is 12.1 Å². The lowest BCUT2D eigenvalue weighted by atomic mass is 9.87. The Morgan fingerprint density at radius 1 is 0.769 bits per heavy atom. The first-order valence-corrected chi connectivity index (χ1v) is 8.39. The van der Waals surface area contributed by atoms with Gasteiger partial charge in [0.15, 0.2) is 11.6 Å². The zero-order valence-corrected chi connectivity index (χ0v) is 14.4. The molecule has 0 aliphatic heterocycles. The van der Waals surface area contributed by atoms with Gasteiger partial charge in [0.1, 0.15) is 6.29 Å². The van der Waals surface area contributed by atoms with Crippen molar-refractivity contribution in [2.45, 2.75) is 13.3 Å². The Morgan fingerprint density at radius 2 is 1.31 bits per heavy atom. The zero-order chi connectivity index (χ0) is 18.5. The molecule has 0 heterocycles. The summed E-state index contributed by atoms with van der Waals surface area (Å²) >= 11 is 0. The van der Waals surface area contributed by atoms with Crippen LogP contribution >= 0.6 is 0 Å². The van der Waals surface area contributed by atoms with Crippen LogP contribution in [0.1, 0.15) is 43.0 Å². The molecule has 3 heteroatoms. The third kappa shape index (κ3) is 3.38. The topological polar surface area (TPSA) is 51.2 Å². The van der Waals surface area contributed by atoms with Crippen LogP contribution in [0, 0.1) is 6.92 Å². The van der Waals surface area contributed by atoms with Crippen LogP contribution in [0.2, 0.25) is 0 Å². The molecule has 128 valence electrons. The van der Waals surface area contributed by atoms with E-state index in [1.54, 1.807) is 67.6 Å². The lowest BCUT2D eigenvalue weighted by Crippen LogP contribution is -2.14. The van der Waals surface area contributed by atoms with Crippen LogP contribution in [0.3, 0.4) is 0 Å². The monoisotopic (exact) mass is 342 g/mol. The van der Waals surface area contributed by atoms with E-state index in [0.717, 1.165) is 11.8 Å². The summed E-state index contributed by atoms with van der Waals surface area (Å²) in [5.74, 6) is -0.416. The normalized spacial score (nSPS) is 10.3. The van der Waals surface area contributed by atoms with Gasteiger partial charge in [0.05, 0.1) is 0 Å². The summed E-state index contributed by atoms with van der Waals surface area (Å²) < 4.78 is 0. The van der Waals surface area contributed by atoms with Crippen molar-refractivity contribution in [3.05, 3.63) is 106 Å². The molecular formula is C23H18O3. The van der Waals surface area contributed by atoms with Crippen LogP contribution in [0.4, 0.5) is 0 Å². The minimum Gasteiger partial charge on any atom is -0.303 e. The minimum atomic E-state index is -0.213. The number of hydrogen-bond acceptors (Lipinski definition) is 3. The SMILES string of the molecule is Cc1c(CC=O)ccc(C(=O)c2ccccc2)c1C(=O)c1ccccc1. The molecule has 3 nitrogen and oxygen atoms in total. The van der Waals surface area contributed by atoms with E-state index in [1.165, 1.54) is 0 Å². The average molecular weight is 342 g/mol. The fourth-order valence-electron chi connectivity index (χ4n) is 3.03. The van der Waals surface area contributed by atoms with E-state index in [9.17, 15) is 14.4 Å². The number of ketones is 2. The maximum Gasteiger partial charge on any atom is 0.194 e. The van der Waals surface area contributed by atoms with Crippen molar-refractivity contribution in [2.75, 3.05) is 0 Å². The second-order valence-corrected chi connectivity index (χ2v) is 6.03. The first-order valence-electron chi connectivity index (χ1n) is 8.39. The van der Waals surface area contributed by atoms with Crippen LogP contribution in [0.25, 0.3) is 0 Å². The highest BCUT2D eigenvalue weighted by Gasteiger charge is 2.23. The standard InChI is InChI=1S/C23H18O3/c1-16-17(14-15-24)12-13-20(22(25)18-8-4-2-5-9-18)21(16)23(26)19-10-6-3-7-11-19/h2-13,15H,14H2,1H3. The molecule has 26 heavy (non-hydrogen) atoms. The Kier molecular flexibility index (Phi) is 5.18. The predicted molar refractivity (Wildman–Crippen MR) is 101 cm³/mol. The van der Waals surface area contributed by atoms with Crippen LogP contribution in [-0.4, -0.2) is 17.9 Å². The van der Waals surface area contributed by atoms with Crippen molar-refractivity contribution in [3.8, 4) is 0 Å². The van der Waals surface area contributed by atoms with Crippen molar-refractivity contribution in [2.24, 2.45) is 0 Å². The first-order chi connectivity index (χ1) is 12.6. The maximum atomic E-state index is 13.1. The van der Waals surface area contributed by atoms with E-state index >= 15 is 0 Å². The van der Waals surface area contributed by atoms with Gasteiger partial charge in [-0.25, -0.2) is 0 Å². The summed E-state index contributed by atoms with van der Waals surface area (Å²) in [5, 5.41) is 0. The van der Waals surface area contributed by atoms with Crippen molar-refractivity contribution in [3.63, 3.8) is 0 Å². The lowest BCUT2D eigenvalue weighted by molar-refractivity contribution is -0.107. The summed E-state index contributed by atoms with van der Waals surface area (Å²) in [6.07, 6.45) is 1.01. The molecule has 0 saturated carbocycles. The van der Waals surface area contributed by atoms with Crippen LogP contribution < -0.4 is 0 Å². The molecule has 0 N–H and O–H groups in total. The predicted octanol–water partition coefficient (Wildman–Crippen LogP) is 4.20. The number of benzene rings is 3. The van der Waals surface area contributed by atoms with Gasteiger partial charge < -0.3 is 4.79 Å². The second-order valence-electron chi connectivity index (χ2n) is 6.03. The van der Waals surface area contributed by atoms with Gasteiger partial charge in [0.25, 0.3) is 0 Å². The number of carbonyl (C=O) groups excluding carboxylic acids is 3. The molecule has 0 aliphatic rings. The van der Waals surface area contributed by atoms with Gasteiger partial charge in [0, 0.05) is 28.7 Å². The Morgan fingerprint density at radius 3 is 1.85 bits per heavy atom. The Labute approximate surface area is 152 Å². The molecule has 3 aromatic carbocycles. The lowest BCUT2D eigenvalue weighted by Gasteiger charge is -2.14. The molecule has 3 aromatic rings. The molecular weight excluding hydrogens is 324 g/mol. The molecule has 0 radical (unpaired) electrons. The number of carbonyl (C=O) groups is 3. The van der Waals surface area contributed by atoms with E-state index in [2.05, 4.69) is 0 Å². The van der Waals surface area contributed by atoms with Crippen molar-refractivity contribution in [1.82, 2.24) is 0 Å². The Hall–Kier alpha value is -3.33. The van der Waals surface area contributed by atoms with Crippen molar-refractivity contribution >= 4 is 17.9 Å². The third-order valence-corrected chi connectivity index (χ3v) is 4.42. The fourth-order valence-corrected chi connectivity index (χ4v) is 3.03. The third-order valence-electron chi connectivity index (χ3n) is 4.42. The highest BCUT2D eigenvalue weighted by molar-refractivity contribution is 6.20. The Balaban J connectivity index is 2.18. The molecule has 0 spiro atoms. The molecule has 0 amide bonds. The minimum absolute atomic E-state index is 0.203. The molecule has 0 aliphatic carbocycles. The quantitative estimate of drug-likeness (QED) is 0.498.